The molecule has 0 fully saturated rings. The summed E-state index contributed by atoms with van der Waals surface area (Å²) in [6.45, 7) is 6.71. The number of aromatic amines is 1. The maximum absolute atomic E-state index is 12.1. The van der Waals surface area contributed by atoms with E-state index in [2.05, 4.69) is 9.83 Å². The molecular weight excluding hydrogens is 294 g/mol. The van der Waals surface area contributed by atoms with E-state index in [0.717, 1.165) is 17.1 Å². The Morgan fingerprint density at radius 1 is 1.35 bits per heavy atom. The van der Waals surface area contributed by atoms with Crippen LogP contribution >= 0.6 is 0 Å². The SMILES string of the molecule is [C-]#[N+]/C(=C\C=C\c1cc2ccc(N(C)C)cc2[nH]c1=O)C(=O)[O-]. The Morgan fingerprint density at radius 3 is 2.70 bits per heavy atom. The fraction of sp³-hybridized carbons (Fsp3) is 0.118. The average molecular weight is 308 g/mol. The molecule has 0 saturated carbocycles. The first kappa shape index (κ1) is 16.0. The third-order valence-corrected chi connectivity index (χ3v) is 3.23. The van der Waals surface area contributed by atoms with Crippen molar-refractivity contribution < 1.29 is 9.90 Å². The number of carboxylic acid groups (broad SMARTS) is 1. The normalized spacial score (nSPS) is 11.6. The Labute approximate surface area is 132 Å². The van der Waals surface area contributed by atoms with Crippen LogP contribution in [0.4, 0.5) is 5.69 Å². The summed E-state index contributed by atoms with van der Waals surface area (Å²) in [6, 6.07) is 7.40. The highest BCUT2D eigenvalue weighted by Crippen LogP contribution is 2.19. The third kappa shape index (κ3) is 3.66. The van der Waals surface area contributed by atoms with Gasteiger partial charge in [0.1, 0.15) is 0 Å². The molecule has 0 amide bonds. The van der Waals surface area contributed by atoms with Crippen LogP contribution in [0.2, 0.25) is 0 Å². The van der Waals surface area contributed by atoms with Crippen LogP contribution in [-0.2, 0) is 4.79 Å². The van der Waals surface area contributed by atoms with E-state index in [0.29, 0.717) is 11.1 Å². The molecule has 1 aromatic carbocycles. The molecule has 1 heterocycles. The third-order valence-electron chi connectivity index (χ3n) is 3.23. The van der Waals surface area contributed by atoms with E-state index in [4.69, 9.17) is 6.57 Å². The lowest BCUT2D eigenvalue weighted by molar-refractivity contribution is -0.298. The van der Waals surface area contributed by atoms with Crippen molar-refractivity contribution in [3.05, 3.63) is 69.4 Å². The number of aliphatic carboxylic acids is 1. The summed E-state index contributed by atoms with van der Waals surface area (Å²) in [5.74, 6) is -1.55. The number of hydrogen-bond donors (Lipinski definition) is 1. The number of carbonyl (C=O) groups excluding carboxylic acids is 1. The molecule has 2 rings (SSSR count). The number of carboxylic acids is 1. The van der Waals surface area contributed by atoms with Crippen molar-refractivity contribution >= 4 is 28.6 Å². The number of aromatic nitrogens is 1. The lowest BCUT2D eigenvalue weighted by Crippen LogP contribution is -2.22. The maximum atomic E-state index is 12.1. The van der Waals surface area contributed by atoms with Gasteiger partial charge in [0.25, 0.3) is 5.56 Å². The van der Waals surface area contributed by atoms with E-state index in [1.165, 1.54) is 12.2 Å². The highest BCUT2D eigenvalue weighted by molar-refractivity contribution is 5.87. The summed E-state index contributed by atoms with van der Waals surface area (Å²) < 4.78 is 0. The predicted molar refractivity (Wildman–Crippen MR) is 87.6 cm³/mol. The summed E-state index contributed by atoms with van der Waals surface area (Å²) in [4.78, 5) is 30.2. The molecule has 6 nitrogen and oxygen atoms in total. The van der Waals surface area contributed by atoms with Crippen molar-refractivity contribution in [2.24, 2.45) is 0 Å². The Hall–Kier alpha value is -3.33. The Balaban J connectivity index is 2.42. The predicted octanol–water partition coefficient (Wildman–Crippen LogP) is 1.16. The second kappa shape index (κ2) is 6.62. The minimum atomic E-state index is -1.55. The highest BCUT2D eigenvalue weighted by Gasteiger charge is 2.02. The van der Waals surface area contributed by atoms with E-state index in [1.807, 2.05) is 37.2 Å². The van der Waals surface area contributed by atoms with Gasteiger partial charge in [-0.1, -0.05) is 24.3 Å². The number of anilines is 1. The summed E-state index contributed by atoms with van der Waals surface area (Å²) >= 11 is 0. The molecule has 0 atom stereocenters. The number of nitrogens with one attached hydrogen (secondary N) is 1. The van der Waals surface area contributed by atoms with Crippen LogP contribution in [0.15, 0.2) is 46.9 Å². The van der Waals surface area contributed by atoms with Crippen molar-refractivity contribution in [3.8, 4) is 0 Å². The van der Waals surface area contributed by atoms with Gasteiger partial charge in [-0.2, -0.15) is 0 Å². The molecule has 1 aromatic heterocycles. The van der Waals surface area contributed by atoms with E-state index in [-0.39, 0.29) is 5.56 Å². The molecular formula is C17H14N3O3-. The lowest BCUT2D eigenvalue weighted by Gasteiger charge is -2.12. The first-order valence-electron chi connectivity index (χ1n) is 6.74. The molecule has 0 radical (unpaired) electrons. The van der Waals surface area contributed by atoms with Gasteiger partial charge in [0.2, 0.25) is 5.70 Å². The van der Waals surface area contributed by atoms with Gasteiger partial charge in [0.05, 0.1) is 18.1 Å². The first-order chi connectivity index (χ1) is 10.9. The quantitative estimate of drug-likeness (QED) is 0.522. The smallest absolute Gasteiger partial charge is 0.255 e. The van der Waals surface area contributed by atoms with Crippen molar-refractivity contribution in [1.29, 1.82) is 0 Å². The Kier molecular flexibility index (Phi) is 4.62. The Bertz CT molecular complexity index is 915. The van der Waals surface area contributed by atoms with Gasteiger partial charge >= 0.3 is 0 Å². The molecule has 0 unspecified atom stereocenters. The van der Waals surface area contributed by atoms with Crippen LogP contribution in [0, 0.1) is 6.57 Å². The van der Waals surface area contributed by atoms with Gasteiger partial charge in [0, 0.05) is 25.3 Å². The summed E-state index contributed by atoms with van der Waals surface area (Å²) in [7, 11) is 3.82. The molecule has 0 saturated heterocycles. The Morgan fingerprint density at radius 2 is 2.09 bits per heavy atom. The van der Waals surface area contributed by atoms with E-state index < -0.39 is 11.7 Å². The van der Waals surface area contributed by atoms with E-state index in [9.17, 15) is 14.7 Å². The van der Waals surface area contributed by atoms with Gasteiger partial charge in [-0.15, -0.1) is 0 Å². The number of rotatable bonds is 4. The zero-order valence-electron chi connectivity index (χ0n) is 12.7. The monoisotopic (exact) mass is 308 g/mol. The van der Waals surface area contributed by atoms with Crippen molar-refractivity contribution in [3.63, 3.8) is 0 Å². The summed E-state index contributed by atoms with van der Waals surface area (Å²) in [5.41, 5.74) is 1.24. The fourth-order valence-corrected chi connectivity index (χ4v) is 2.00. The standard InChI is InChI=1S/C17H15N3O3/c1-18-14(17(22)23)6-4-5-12-9-11-7-8-13(20(2)3)10-15(11)19-16(12)21/h4-10H,2-3H3,(H,19,21)(H,22,23)/p-1/b5-4+,14-6-. The topological polar surface area (TPSA) is 80.6 Å². The van der Waals surface area contributed by atoms with Gasteiger partial charge in [-0.25, -0.2) is 4.85 Å². The van der Waals surface area contributed by atoms with Crippen molar-refractivity contribution in [1.82, 2.24) is 4.98 Å². The summed E-state index contributed by atoms with van der Waals surface area (Å²) in [6.07, 6.45) is 3.89. The fourth-order valence-electron chi connectivity index (χ4n) is 2.00. The average Bonchev–Trinajstić information content (AvgIpc) is 2.50. The molecule has 0 aliphatic heterocycles. The van der Waals surface area contributed by atoms with Gasteiger partial charge in [-0.3, -0.25) is 4.79 Å². The number of carbonyl (C=O) groups is 1. The number of hydrogen-bond acceptors (Lipinski definition) is 4. The number of pyridine rings is 1. The largest absolute Gasteiger partial charge is 0.558 e. The van der Waals surface area contributed by atoms with Crippen LogP contribution in [0.25, 0.3) is 21.8 Å². The van der Waals surface area contributed by atoms with E-state index in [1.54, 1.807) is 6.07 Å². The number of allylic oxidation sites excluding steroid dienone is 2. The number of fused-ring (bicyclic) bond motifs is 1. The minimum absolute atomic E-state index is 0.295. The number of benzene rings is 1. The molecule has 1 N–H and O–H groups in total. The number of nitrogens with zero attached hydrogens (tertiary/aromatic N) is 2. The van der Waals surface area contributed by atoms with Gasteiger partial charge < -0.3 is 19.8 Å². The highest BCUT2D eigenvalue weighted by atomic mass is 16.4. The van der Waals surface area contributed by atoms with Crippen LogP contribution in [0.5, 0.6) is 0 Å². The molecule has 6 heteroatoms. The van der Waals surface area contributed by atoms with Crippen molar-refractivity contribution in [2.45, 2.75) is 0 Å². The van der Waals surface area contributed by atoms with Crippen molar-refractivity contribution in [2.75, 3.05) is 19.0 Å². The molecule has 0 aliphatic rings. The van der Waals surface area contributed by atoms with Crippen LogP contribution in [-0.4, -0.2) is 25.0 Å². The second-order valence-electron chi connectivity index (χ2n) is 5.03. The molecule has 0 aliphatic carbocycles. The minimum Gasteiger partial charge on any atom is -0.558 e. The maximum Gasteiger partial charge on any atom is 0.255 e. The van der Waals surface area contributed by atoms with Gasteiger partial charge in [0.15, 0.2) is 0 Å². The lowest BCUT2D eigenvalue weighted by atomic mass is 10.1. The van der Waals surface area contributed by atoms with Crippen LogP contribution in [0.1, 0.15) is 5.56 Å². The van der Waals surface area contributed by atoms with E-state index >= 15 is 0 Å². The summed E-state index contributed by atoms with van der Waals surface area (Å²) in [5, 5.41) is 11.5. The zero-order valence-corrected chi connectivity index (χ0v) is 12.7. The first-order valence-corrected chi connectivity index (χ1v) is 6.74. The molecule has 23 heavy (non-hydrogen) atoms. The zero-order chi connectivity index (χ0) is 17.0. The van der Waals surface area contributed by atoms with Crippen LogP contribution < -0.4 is 15.6 Å². The number of H-pyrrole nitrogens is 1. The second-order valence-corrected chi connectivity index (χ2v) is 5.03. The molecule has 116 valence electrons. The molecule has 2 aromatic rings. The van der Waals surface area contributed by atoms with Crippen LogP contribution in [0.3, 0.4) is 0 Å². The van der Waals surface area contributed by atoms with Gasteiger partial charge in [-0.05, 0) is 23.6 Å². The molecule has 0 bridgehead atoms. The molecule has 0 spiro atoms.